The van der Waals surface area contributed by atoms with Crippen LogP contribution in [0.4, 0.5) is 5.95 Å². The van der Waals surface area contributed by atoms with Gasteiger partial charge < -0.3 is 5.73 Å². The number of benzene rings is 1. The molecule has 1 aromatic carbocycles. The van der Waals surface area contributed by atoms with E-state index < -0.39 is 0 Å². The lowest BCUT2D eigenvalue weighted by Crippen LogP contribution is -1.97. The van der Waals surface area contributed by atoms with Crippen LogP contribution in [0.1, 0.15) is 37.4 Å². The summed E-state index contributed by atoms with van der Waals surface area (Å²) in [5.41, 5.74) is 7.77. The highest BCUT2D eigenvalue weighted by Crippen LogP contribution is 2.23. The standard InChI is InChI=1S/C16H22N4S/c1-3-4-7-10-21-15-9-6-5-8-14(15)11-18-20-12-13(2)19-16(20)17/h5-6,8-9,11-12H,3-4,7,10H2,1-2H3,(H2,17,19). The second-order valence-electron chi connectivity index (χ2n) is 4.92. The molecule has 1 heterocycles. The van der Waals surface area contributed by atoms with Gasteiger partial charge in [0.15, 0.2) is 0 Å². The van der Waals surface area contributed by atoms with Gasteiger partial charge in [-0.25, -0.2) is 9.66 Å². The lowest BCUT2D eigenvalue weighted by atomic mass is 10.2. The zero-order chi connectivity index (χ0) is 15.1. The summed E-state index contributed by atoms with van der Waals surface area (Å²) in [5.74, 6) is 1.56. The summed E-state index contributed by atoms with van der Waals surface area (Å²) in [4.78, 5) is 5.39. The molecule has 4 nitrogen and oxygen atoms in total. The smallest absolute Gasteiger partial charge is 0.221 e. The van der Waals surface area contributed by atoms with Crippen LogP contribution in [-0.2, 0) is 0 Å². The second kappa shape index (κ2) is 7.88. The van der Waals surface area contributed by atoms with Crippen LogP contribution in [0.15, 0.2) is 40.5 Å². The zero-order valence-electron chi connectivity index (χ0n) is 12.6. The summed E-state index contributed by atoms with van der Waals surface area (Å²) >= 11 is 1.88. The van der Waals surface area contributed by atoms with Crippen molar-refractivity contribution in [2.45, 2.75) is 38.0 Å². The van der Waals surface area contributed by atoms with Crippen LogP contribution < -0.4 is 5.73 Å². The second-order valence-corrected chi connectivity index (χ2v) is 6.06. The summed E-state index contributed by atoms with van der Waals surface area (Å²) < 4.78 is 1.61. The Kier molecular flexibility index (Phi) is 5.87. The van der Waals surface area contributed by atoms with Crippen molar-refractivity contribution in [3.05, 3.63) is 41.7 Å². The largest absolute Gasteiger partial charge is 0.368 e. The van der Waals surface area contributed by atoms with Gasteiger partial charge in [-0.3, -0.25) is 0 Å². The Morgan fingerprint density at radius 3 is 2.86 bits per heavy atom. The fraction of sp³-hybridized carbons (Fsp3) is 0.375. The first-order chi connectivity index (χ1) is 10.2. The number of rotatable bonds is 7. The van der Waals surface area contributed by atoms with Gasteiger partial charge in [0, 0.05) is 10.5 Å². The molecule has 0 aliphatic carbocycles. The maximum atomic E-state index is 5.79. The van der Waals surface area contributed by atoms with Crippen LogP contribution in [0.5, 0.6) is 0 Å². The Hall–Kier alpha value is -1.75. The quantitative estimate of drug-likeness (QED) is 0.479. The molecule has 2 N–H and O–H groups in total. The van der Waals surface area contributed by atoms with Gasteiger partial charge >= 0.3 is 0 Å². The topological polar surface area (TPSA) is 56.2 Å². The van der Waals surface area contributed by atoms with Crippen LogP contribution in [0.25, 0.3) is 0 Å². The van der Waals surface area contributed by atoms with Crippen LogP contribution in [-0.4, -0.2) is 21.6 Å². The molecule has 0 aliphatic rings. The lowest BCUT2D eigenvalue weighted by Gasteiger charge is -2.05. The summed E-state index contributed by atoms with van der Waals surface area (Å²) in [6.45, 7) is 4.13. The van der Waals surface area contributed by atoms with Crippen molar-refractivity contribution < 1.29 is 0 Å². The van der Waals surface area contributed by atoms with Crippen molar-refractivity contribution >= 4 is 23.9 Å². The molecule has 0 amide bonds. The van der Waals surface area contributed by atoms with E-state index in [1.807, 2.05) is 37.2 Å². The number of nitrogen functional groups attached to an aromatic ring is 1. The van der Waals surface area contributed by atoms with Crippen LogP contribution in [0.3, 0.4) is 0 Å². The highest BCUT2D eigenvalue weighted by Gasteiger charge is 2.02. The number of nitrogens with zero attached hydrogens (tertiary/aromatic N) is 3. The van der Waals surface area contributed by atoms with Crippen LogP contribution in [0, 0.1) is 6.92 Å². The predicted molar refractivity (Wildman–Crippen MR) is 91.1 cm³/mol. The van der Waals surface area contributed by atoms with Gasteiger partial charge in [0.25, 0.3) is 0 Å². The van der Waals surface area contributed by atoms with Crippen molar-refractivity contribution in [2.24, 2.45) is 5.10 Å². The maximum absolute atomic E-state index is 5.79. The van der Waals surface area contributed by atoms with E-state index in [9.17, 15) is 0 Å². The first kappa shape index (κ1) is 15.6. The molecule has 1 aromatic heterocycles. The number of hydrogen-bond donors (Lipinski definition) is 1. The monoisotopic (exact) mass is 302 g/mol. The highest BCUT2D eigenvalue weighted by atomic mass is 32.2. The van der Waals surface area contributed by atoms with E-state index >= 15 is 0 Å². The van der Waals surface area contributed by atoms with E-state index in [-0.39, 0.29) is 0 Å². The van der Waals surface area contributed by atoms with Gasteiger partial charge in [-0.15, -0.1) is 11.8 Å². The van der Waals surface area contributed by atoms with Crippen LogP contribution >= 0.6 is 11.8 Å². The van der Waals surface area contributed by atoms with Gasteiger partial charge in [0.2, 0.25) is 5.95 Å². The fourth-order valence-corrected chi connectivity index (χ4v) is 3.00. The van der Waals surface area contributed by atoms with Crippen molar-refractivity contribution in [2.75, 3.05) is 11.5 Å². The number of aromatic nitrogens is 2. The average Bonchev–Trinajstić information content (AvgIpc) is 2.80. The Morgan fingerprint density at radius 1 is 1.33 bits per heavy atom. The lowest BCUT2D eigenvalue weighted by molar-refractivity contribution is 0.778. The molecule has 112 valence electrons. The van der Waals surface area contributed by atoms with E-state index in [2.05, 4.69) is 35.2 Å². The summed E-state index contributed by atoms with van der Waals surface area (Å²) in [7, 11) is 0. The normalized spacial score (nSPS) is 11.3. The molecule has 2 rings (SSSR count). The minimum absolute atomic E-state index is 0.414. The molecule has 0 bridgehead atoms. The highest BCUT2D eigenvalue weighted by molar-refractivity contribution is 7.99. The SMILES string of the molecule is CCCCCSc1ccccc1C=Nn1cc(C)nc1N. The Morgan fingerprint density at radius 2 is 2.14 bits per heavy atom. The van der Waals surface area contributed by atoms with E-state index in [4.69, 9.17) is 5.73 Å². The number of unbranched alkanes of at least 4 members (excludes halogenated alkanes) is 2. The molecule has 2 aromatic rings. The number of imidazole rings is 1. The predicted octanol–water partition coefficient (Wildman–Crippen LogP) is 3.94. The molecule has 0 aliphatic heterocycles. The molecule has 0 unspecified atom stereocenters. The van der Waals surface area contributed by atoms with Gasteiger partial charge in [-0.1, -0.05) is 38.0 Å². The summed E-state index contributed by atoms with van der Waals surface area (Å²) in [6, 6.07) is 8.31. The third-order valence-corrected chi connectivity index (χ3v) is 4.26. The molecule has 21 heavy (non-hydrogen) atoms. The van der Waals surface area contributed by atoms with E-state index in [0.717, 1.165) is 17.0 Å². The van der Waals surface area contributed by atoms with Gasteiger partial charge in [0.05, 0.1) is 18.1 Å². The van der Waals surface area contributed by atoms with Crippen molar-refractivity contribution in [3.8, 4) is 0 Å². The van der Waals surface area contributed by atoms with Crippen molar-refractivity contribution in [1.29, 1.82) is 0 Å². The zero-order valence-corrected chi connectivity index (χ0v) is 13.4. The number of aryl methyl sites for hydroxylation is 1. The van der Waals surface area contributed by atoms with Gasteiger partial charge in [-0.05, 0) is 25.2 Å². The van der Waals surface area contributed by atoms with Crippen molar-refractivity contribution in [1.82, 2.24) is 9.66 Å². The van der Waals surface area contributed by atoms with E-state index in [0.29, 0.717) is 5.95 Å². The van der Waals surface area contributed by atoms with Gasteiger partial charge in [0.1, 0.15) is 0 Å². The average molecular weight is 302 g/mol. The fourth-order valence-electron chi connectivity index (χ4n) is 1.97. The van der Waals surface area contributed by atoms with E-state index in [1.165, 1.54) is 24.2 Å². The molecular weight excluding hydrogens is 280 g/mol. The van der Waals surface area contributed by atoms with Gasteiger partial charge in [-0.2, -0.15) is 5.10 Å². The molecule has 0 radical (unpaired) electrons. The summed E-state index contributed by atoms with van der Waals surface area (Å²) in [5, 5.41) is 4.39. The Balaban J connectivity index is 2.07. The number of nitrogens with two attached hydrogens (primary N) is 1. The maximum Gasteiger partial charge on any atom is 0.221 e. The minimum atomic E-state index is 0.414. The first-order valence-corrected chi connectivity index (χ1v) is 8.27. The third kappa shape index (κ3) is 4.63. The van der Waals surface area contributed by atoms with Crippen LogP contribution in [0.2, 0.25) is 0 Å². The molecule has 5 heteroatoms. The molecular formula is C16H22N4S. The number of thioether (sulfide) groups is 1. The Bertz CT molecular complexity index is 604. The first-order valence-electron chi connectivity index (χ1n) is 7.28. The van der Waals surface area contributed by atoms with Crippen molar-refractivity contribution in [3.63, 3.8) is 0 Å². The molecule has 0 saturated heterocycles. The molecule has 0 atom stereocenters. The summed E-state index contributed by atoms with van der Waals surface area (Å²) in [6.07, 6.45) is 7.46. The Labute approximate surface area is 130 Å². The van der Waals surface area contributed by atoms with E-state index in [1.54, 1.807) is 4.68 Å². The third-order valence-electron chi connectivity index (χ3n) is 3.08. The number of anilines is 1. The molecule has 0 fully saturated rings. The minimum Gasteiger partial charge on any atom is -0.368 e. The molecule has 0 spiro atoms. The molecule has 0 saturated carbocycles. The number of hydrogen-bond acceptors (Lipinski definition) is 4.